The second-order valence-corrected chi connectivity index (χ2v) is 10.3. The number of halogens is 2. The van der Waals surface area contributed by atoms with Crippen LogP contribution in [-0.2, 0) is 11.2 Å². The van der Waals surface area contributed by atoms with Crippen LogP contribution in [0.4, 0.5) is 0 Å². The largest absolute Gasteiger partial charge is 0.337 e. The molecule has 0 radical (unpaired) electrons. The second-order valence-electron chi connectivity index (χ2n) is 9.51. The van der Waals surface area contributed by atoms with Gasteiger partial charge in [0.2, 0.25) is 5.91 Å². The van der Waals surface area contributed by atoms with E-state index in [0.717, 1.165) is 25.1 Å². The van der Waals surface area contributed by atoms with E-state index in [-0.39, 0.29) is 18.0 Å². The Hall–Kier alpha value is -2.33. The van der Waals surface area contributed by atoms with Crippen molar-refractivity contribution in [3.05, 3.63) is 105 Å². The Balaban J connectivity index is 1.51. The highest BCUT2D eigenvalue weighted by molar-refractivity contribution is 6.42. The van der Waals surface area contributed by atoms with Gasteiger partial charge in [0.1, 0.15) is 0 Å². The Kier molecular flexibility index (Phi) is 6.96. The third kappa shape index (κ3) is 4.62. The maximum atomic E-state index is 13.6. The standard InChI is InChI=1S/C29H30Cl2N2O/c1-32(28(34)18-20-13-14-25(30)26(31)17-20)29-23-12-6-5-11-22(23)24(21-9-3-2-4-10-21)19-27(29)33-15-7-8-16-33/h2-6,9-14,17,24,27,29H,7-8,15-16,18-19H2,1H3/t24?,27-,29-/m0/s1. The maximum Gasteiger partial charge on any atom is 0.227 e. The number of nitrogens with zero attached hydrogens (tertiary/aromatic N) is 2. The van der Waals surface area contributed by atoms with Crippen LogP contribution in [0.25, 0.3) is 0 Å². The fraction of sp³-hybridized carbons (Fsp3) is 0.345. The van der Waals surface area contributed by atoms with Gasteiger partial charge in [-0.2, -0.15) is 0 Å². The number of rotatable bonds is 5. The quantitative estimate of drug-likeness (QED) is 0.393. The molecule has 5 heteroatoms. The van der Waals surface area contributed by atoms with E-state index in [1.165, 1.54) is 29.5 Å². The predicted molar refractivity (Wildman–Crippen MR) is 140 cm³/mol. The van der Waals surface area contributed by atoms with Crippen LogP contribution in [0.2, 0.25) is 10.0 Å². The van der Waals surface area contributed by atoms with Crippen molar-refractivity contribution in [2.24, 2.45) is 0 Å². The van der Waals surface area contributed by atoms with Gasteiger partial charge < -0.3 is 4.90 Å². The molecule has 1 heterocycles. The molecule has 1 unspecified atom stereocenters. The number of carbonyl (C=O) groups excluding carboxylic acids is 1. The lowest BCUT2D eigenvalue weighted by atomic mass is 9.73. The van der Waals surface area contributed by atoms with Crippen molar-refractivity contribution in [2.45, 2.75) is 43.7 Å². The van der Waals surface area contributed by atoms with Crippen LogP contribution in [0.3, 0.4) is 0 Å². The van der Waals surface area contributed by atoms with Crippen LogP contribution < -0.4 is 0 Å². The monoisotopic (exact) mass is 492 g/mol. The summed E-state index contributed by atoms with van der Waals surface area (Å²) in [6, 6.07) is 25.3. The molecule has 0 bridgehead atoms. The first-order chi connectivity index (χ1) is 16.5. The van der Waals surface area contributed by atoms with Gasteiger partial charge in [0.05, 0.1) is 22.5 Å². The molecule has 1 amide bonds. The normalized spacial score (nSPS) is 22.4. The lowest BCUT2D eigenvalue weighted by molar-refractivity contribution is -0.133. The molecule has 3 aromatic rings. The molecule has 1 aliphatic heterocycles. The van der Waals surface area contributed by atoms with Gasteiger partial charge in [0.25, 0.3) is 0 Å². The molecule has 0 saturated carbocycles. The van der Waals surface area contributed by atoms with Crippen molar-refractivity contribution in [3.8, 4) is 0 Å². The number of carbonyl (C=O) groups is 1. The van der Waals surface area contributed by atoms with E-state index in [2.05, 4.69) is 59.5 Å². The van der Waals surface area contributed by atoms with Gasteiger partial charge in [0, 0.05) is 19.0 Å². The Morgan fingerprint density at radius 1 is 0.912 bits per heavy atom. The fourth-order valence-electron chi connectivity index (χ4n) is 5.80. The maximum absolute atomic E-state index is 13.6. The number of hydrogen-bond donors (Lipinski definition) is 0. The van der Waals surface area contributed by atoms with Crippen molar-refractivity contribution >= 4 is 29.1 Å². The molecule has 3 nitrogen and oxygen atoms in total. The van der Waals surface area contributed by atoms with Crippen LogP contribution in [0.1, 0.15) is 53.5 Å². The summed E-state index contributed by atoms with van der Waals surface area (Å²) in [6.45, 7) is 2.19. The molecule has 5 rings (SSSR count). The number of fused-ring (bicyclic) bond motifs is 1. The Bertz CT molecular complexity index is 1160. The molecule has 1 aliphatic carbocycles. The molecule has 3 aromatic carbocycles. The first-order valence-corrected chi connectivity index (χ1v) is 12.9. The van der Waals surface area contributed by atoms with Crippen LogP contribution in [0, 0.1) is 0 Å². The van der Waals surface area contributed by atoms with Gasteiger partial charge in [0.15, 0.2) is 0 Å². The van der Waals surface area contributed by atoms with Crippen molar-refractivity contribution in [2.75, 3.05) is 20.1 Å². The van der Waals surface area contributed by atoms with Crippen LogP contribution in [0.15, 0.2) is 72.8 Å². The van der Waals surface area contributed by atoms with Gasteiger partial charge in [-0.3, -0.25) is 9.69 Å². The molecule has 34 heavy (non-hydrogen) atoms. The molecule has 0 spiro atoms. The Morgan fingerprint density at radius 3 is 2.29 bits per heavy atom. The van der Waals surface area contributed by atoms with Gasteiger partial charge in [-0.25, -0.2) is 0 Å². The molecular formula is C29H30Cl2N2O. The molecular weight excluding hydrogens is 463 g/mol. The highest BCUT2D eigenvalue weighted by Crippen LogP contribution is 2.46. The molecule has 2 aliphatic rings. The zero-order valence-electron chi connectivity index (χ0n) is 19.5. The van der Waals surface area contributed by atoms with E-state index >= 15 is 0 Å². The molecule has 0 aromatic heterocycles. The summed E-state index contributed by atoms with van der Waals surface area (Å²) in [7, 11) is 1.97. The zero-order chi connectivity index (χ0) is 23.7. The smallest absolute Gasteiger partial charge is 0.227 e. The summed E-state index contributed by atoms with van der Waals surface area (Å²) >= 11 is 12.3. The predicted octanol–water partition coefficient (Wildman–Crippen LogP) is 6.74. The molecule has 176 valence electrons. The van der Waals surface area contributed by atoms with Crippen LogP contribution in [-0.4, -0.2) is 41.9 Å². The molecule has 1 fully saturated rings. The van der Waals surface area contributed by atoms with E-state index in [4.69, 9.17) is 23.2 Å². The lowest BCUT2D eigenvalue weighted by Crippen LogP contribution is -2.49. The van der Waals surface area contributed by atoms with Crippen molar-refractivity contribution in [1.29, 1.82) is 0 Å². The summed E-state index contributed by atoms with van der Waals surface area (Å²) < 4.78 is 0. The SMILES string of the molecule is CN(C(=O)Cc1ccc(Cl)c(Cl)c1)[C@H]1c2ccccc2C(c2ccccc2)C[C@@H]1N1CCCC1. The molecule has 0 N–H and O–H groups in total. The minimum Gasteiger partial charge on any atom is -0.337 e. The number of hydrogen-bond acceptors (Lipinski definition) is 2. The van der Waals surface area contributed by atoms with Gasteiger partial charge in [-0.05, 0) is 66.7 Å². The minimum absolute atomic E-state index is 0.0181. The average Bonchev–Trinajstić information content (AvgIpc) is 3.40. The third-order valence-electron chi connectivity index (χ3n) is 7.49. The summed E-state index contributed by atoms with van der Waals surface area (Å²) in [5.74, 6) is 0.429. The summed E-state index contributed by atoms with van der Waals surface area (Å²) in [5, 5.41) is 0.992. The summed E-state index contributed by atoms with van der Waals surface area (Å²) in [5.41, 5.74) is 4.84. The second kappa shape index (κ2) is 10.1. The van der Waals surface area contributed by atoms with Gasteiger partial charge >= 0.3 is 0 Å². The zero-order valence-corrected chi connectivity index (χ0v) is 21.0. The lowest BCUT2D eigenvalue weighted by Gasteiger charge is -2.46. The number of likely N-dealkylation sites (tertiary alicyclic amines) is 1. The summed E-state index contributed by atoms with van der Waals surface area (Å²) in [6.07, 6.45) is 3.76. The van der Waals surface area contributed by atoms with Crippen molar-refractivity contribution in [1.82, 2.24) is 9.80 Å². The van der Waals surface area contributed by atoms with Gasteiger partial charge in [-0.15, -0.1) is 0 Å². The molecule has 3 atom stereocenters. The van der Waals surface area contributed by atoms with Crippen molar-refractivity contribution < 1.29 is 4.79 Å². The fourth-order valence-corrected chi connectivity index (χ4v) is 6.12. The first-order valence-electron chi connectivity index (χ1n) is 12.1. The topological polar surface area (TPSA) is 23.6 Å². The highest BCUT2D eigenvalue weighted by atomic mass is 35.5. The third-order valence-corrected chi connectivity index (χ3v) is 8.23. The van der Waals surface area contributed by atoms with Gasteiger partial charge in [-0.1, -0.05) is 83.9 Å². The number of benzene rings is 3. The molecule has 1 saturated heterocycles. The average molecular weight is 493 g/mol. The number of amides is 1. The highest BCUT2D eigenvalue weighted by Gasteiger charge is 2.42. The van der Waals surface area contributed by atoms with E-state index in [0.29, 0.717) is 22.4 Å². The number of likely N-dealkylation sites (N-methyl/N-ethyl adjacent to an activating group) is 1. The van der Waals surface area contributed by atoms with E-state index in [1.807, 2.05) is 18.0 Å². The minimum atomic E-state index is 0.0181. The van der Waals surface area contributed by atoms with E-state index in [9.17, 15) is 4.79 Å². The Morgan fingerprint density at radius 2 is 1.59 bits per heavy atom. The first kappa shape index (κ1) is 23.4. The summed E-state index contributed by atoms with van der Waals surface area (Å²) in [4.78, 5) is 18.1. The van der Waals surface area contributed by atoms with Crippen LogP contribution in [0.5, 0.6) is 0 Å². The van der Waals surface area contributed by atoms with Crippen molar-refractivity contribution in [3.63, 3.8) is 0 Å². The Labute approximate surface area is 212 Å². The van der Waals surface area contributed by atoms with E-state index < -0.39 is 0 Å². The van der Waals surface area contributed by atoms with E-state index in [1.54, 1.807) is 12.1 Å². The van der Waals surface area contributed by atoms with Crippen LogP contribution >= 0.6 is 23.2 Å².